The molecular formula is C8H17N3O3. The summed E-state index contributed by atoms with van der Waals surface area (Å²) >= 11 is 0. The molecule has 0 saturated carbocycles. The molecular weight excluding hydrogens is 186 g/mol. The molecule has 0 aliphatic carbocycles. The normalized spacial score (nSPS) is 14.7. The van der Waals surface area contributed by atoms with E-state index in [4.69, 9.17) is 15.7 Å². The van der Waals surface area contributed by atoms with E-state index in [9.17, 15) is 4.79 Å². The number of nitrogens with two attached hydrogens (primary N) is 1. The monoisotopic (exact) mass is 203 g/mol. The maximum Gasteiger partial charge on any atom is 0.408 e. The van der Waals surface area contributed by atoms with Gasteiger partial charge in [0, 0.05) is 0 Å². The summed E-state index contributed by atoms with van der Waals surface area (Å²) in [7, 11) is 0. The van der Waals surface area contributed by atoms with E-state index in [2.05, 4.69) is 10.5 Å². The molecule has 6 heteroatoms. The second kappa shape index (κ2) is 4.69. The Labute approximate surface area is 83.1 Å². The Hall–Kier alpha value is -1.46. The van der Waals surface area contributed by atoms with Gasteiger partial charge in [0.15, 0.2) is 5.84 Å². The molecule has 0 fully saturated rings. The van der Waals surface area contributed by atoms with Gasteiger partial charge in [-0.15, -0.1) is 0 Å². The Morgan fingerprint density at radius 3 is 2.43 bits per heavy atom. The second-order valence-corrected chi connectivity index (χ2v) is 3.89. The third-order valence-corrected chi connectivity index (χ3v) is 1.29. The van der Waals surface area contributed by atoms with Crippen LogP contribution in [0.15, 0.2) is 5.16 Å². The fourth-order valence-electron chi connectivity index (χ4n) is 0.645. The molecule has 1 unspecified atom stereocenters. The number of amidine groups is 1. The fourth-order valence-corrected chi connectivity index (χ4v) is 0.645. The van der Waals surface area contributed by atoms with Crippen LogP contribution in [0.2, 0.25) is 0 Å². The lowest BCUT2D eigenvalue weighted by Crippen LogP contribution is -2.44. The quantitative estimate of drug-likeness (QED) is 0.265. The predicted molar refractivity (Wildman–Crippen MR) is 52.2 cm³/mol. The van der Waals surface area contributed by atoms with Crippen molar-refractivity contribution in [3.05, 3.63) is 0 Å². The zero-order chi connectivity index (χ0) is 11.4. The lowest BCUT2D eigenvalue weighted by molar-refractivity contribution is 0.0520. The number of oxime groups is 1. The van der Waals surface area contributed by atoms with Crippen molar-refractivity contribution >= 4 is 11.9 Å². The molecule has 0 bridgehead atoms. The van der Waals surface area contributed by atoms with Gasteiger partial charge in [0.25, 0.3) is 0 Å². The van der Waals surface area contributed by atoms with E-state index in [0.717, 1.165) is 0 Å². The van der Waals surface area contributed by atoms with Gasteiger partial charge in [-0.2, -0.15) is 0 Å². The van der Waals surface area contributed by atoms with Gasteiger partial charge in [-0.25, -0.2) is 4.79 Å². The Bertz CT molecular complexity index is 232. The molecule has 0 heterocycles. The van der Waals surface area contributed by atoms with Crippen LogP contribution >= 0.6 is 0 Å². The average molecular weight is 203 g/mol. The first kappa shape index (κ1) is 12.5. The van der Waals surface area contributed by atoms with Crippen molar-refractivity contribution in [2.75, 3.05) is 0 Å². The number of carbonyl (C=O) groups is 1. The molecule has 1 atom stereocenters. The number of hydrogen-bond donors (Lipinski definition) is 3. The highest BCUT2D eigenvalue weighted by atomic mass is 16.6. The van der Waals surface area contributed by atoms with E-state index in [1.54, 1.807) is 27.7 Å². The first-order valence-electron chi connectivity index (χ1n) is 4.23. The topological polar surface area (TPSA) is 96.9 Å². The minimum Gasteiger partial charge on any atom is -0.444 e. The molecule has 0 rings (SSSR count). The molecule has 1 amide bonds. The SMILES string of the molecule is CC(NC(=O)OC(C)(C)C)C(N)=NO. The predicted octanol–water partition coefficient (Wildman–Crippen LogP) is 0.646. The smallest absolute Gasteiger partial charge is 0.408 e. The molecule has 14 heavy (non-hydrogen) atoms. The molecule has 0 aliphatic heterocycles. The summed E-state index contributed by atoms with van der Waals surface area (Å²) in [6.45, 7) is 6.83. The van der Waals surface area contributed by atoms with E-state index in [1.807, 2.05) is 0 Å². The summed E-state index contributed by atoms with van der Waals surface area (Å²) in [6, 6.07) is -0.560. The second-order valence-electron chi connectivity index (χ2n) is 3.89. The maximum atomic E-state index is 11.2. The number of nitrogens with zero attached hydrogens (tertiary/aromatic N) is 1. The van der Waals surface area contributed by atoms with Crippen LogP contribution < -0.4 is 11.1 Å². The molecule has 82 valence electrons. The van der Waals surface area contributed by atoms with Gasteiger partial charge in [0.05, 0.1) is 6.04 Å². The van der Waals surface area contributed by atoms with Crippen molar-refractivity contribution < 1.29 is 14.7 Å². The van der Waals surface area contributed by atoms with Crippen LogP contribution in [0, 0.1) is 0 Å². The van der Waals surface area contributed by atoms with Gasteiger partial charge >= 0.3 is 6.09 Å². The van der Waals surface area contributed by atoms with E-state index >= 15 is 0 Å². The number of nitrogens with one attached hydrogen (secondary N) is 1. The van der Waals surface area contributed by atoms with E-state index in [0.29, 0.717) is 0 Å². The van der Waals surface area contributed by atoms with Crippen LogP contribution in [0.5, 0.6) is 0 Å². The van der Waals surface area contributed by atoms with Gasteiger partial charge in [-0.3, -0.25) is 0 Å². The first-order valence-corrected chi connectivity index (χ1v) is 4.23. The number of hydrogen-bond acceptors (Lipinski definition) is 4. The van der Waals surface area contributed by atoms with E-state index in [1.165, 1.54) is 0 Å². The molecule has 4 N–H and O–H groups in total. The van der Waals surface area contributed by atoms with Gasteiger partial charge in [0.2, 0.25) is 0 Å². The number of ether oxygens (including phenoxy) is 1. The summed E-state index contributed by atoms with van der Waals surface area (Å²) in [5.41, 5.74) is 4.70. The van der Waals surface area contributed by atoms with Crippen LogP contribution in [-0.2, 0) is 4.74 Å². The van der Waals surface area contributed by atoms with Gasteiger partial charge in [-0.05, 0) is 27.7 Å². The standard InChI is InChI=1S/C8H17N3O3/c1-5(6(9)11-13)10-7(12)14-8(2,3)4/h5,13H,1-4H3,(H2,9,11)(H,10,12). The van der Waals surface area contributed by atoms with Crippen LogP contribution in [-0.4, -0.2) is 28.8 Å². The highest BCUT2D eigenvalue weighted by Crippen LogP contribution is 2.06. The van der Waals surface area contributed by atoms with Crippen molar-refractivity contribution in [1.82, 2.24) is 5.32 Å². The average Bonchev–Trinajstić information content (AvgIpc) is 1.99. The van der Waals surface area contributed by atoms with Crippen LogP contribution in [0.4, 0.5) is 4.79 Å². The minimum atomic E-state index is -0.600. The Kier molecular flexibility index (Phi) is 4.20. The summed E-state index contributed by atoms with van der Waals surface area (Å²) in [5.74, 6) is -0.0733. The molecule has 0 aliphatic rings. The van der Waals surface area contributed by atoms with Crippen molar-refractivity contribution in [3.63, 3.8) is 0 Å². The van der Waals surface area contributed by atoms with Gasteiger partial charge in [-0.1, -0.05) is 5.16 Å². The highest BCUT2D eigenvalue weighted by molar-refractivity contribution is 5.87. The Balaban J connectivity index is 4.08. The zero-order valence-electron chi connectivity index (χ0n) is 8.87. The fraction of sp³-hybridized carbons (Fsp3) is 0.750. The first-order chi connectivity index (χ1) is 6.26. The lowest BCUT2D eigenvalue weighted by atomic mass is 10.2. The van der Waals surface area contributed by atoms with Crippen LogP contribution in [0.3, 0.4) is 0 Å². The summed E-state index contributed by atoms with van der Waals surface area (Å²) in [5, 5.41) is 13.5. The largest absolute Gasteiger partial charge is 0.444 e. The number of carbonyl (C=O) groups excluding carboxylic acids is 1. The molecule has 0 saturated heterocycles. The Morgan fingerprint density at radius 2 is 2.07 bits per heavy atom. The summed E-state index contributed by atoms with van der Waals surface area (Å²) in [4.78, 5) is 11.2. The molecule has 0 aromatic heterocycles. The highest BCUT2D eigenvalue weighted by Gasteiger charge is 2.18. The molecule has 0 aromatic rings. The summed E-state index contributed by atoms with van der Waals surface area (Å²) in [6.07, 6.45) is -0.600. The third kappa shape index (κ3) is 5.23. The number of alkyl carbamates (subject to hydrolysis) is 1. The van der Waals surface area contributed by atoms with Crippen molar-refractivity contribution in [1.29, 1.82) is 0 Å². The lowest BCUT2D eigenvalue weighted by Gasteiger charge is -2.21. The van der Waals surface area contributed by atoms with E-state index in [-0.39, 0.29) is 5.84 Å². The molecule has 0 radical (unpaired) electrons. The van der Waals surface area contributed by atoms with Crippen molar-refractivity contribution in [2.24, 2.45) is 10.9 Å². The molecule has 0 spiro atoms. The van der Waals surface area contributed by atoms with E-state index < -0.39 is 17.7 Å². The summed E-state index contributed by atoms with van der Waals surface area (Å²) < 4.78 is 4.96. The van der Waals surface area contributed by atoms with Crippen LogP contribution in [0.1, 0.15) is 27.7 Å². The van der Waals surface area contributed by atoms with Crippen molar-refractivity contribution in [2.45, 2.75) is 39.3 Å². The number of rotatable bonds is 2. The van der Waals surface area contributed by atoms with Gasteiger partial charge < -0.3 is 21.0 Å². The zero-order valence-corrected chi connectivity index (χ0v) is 8.87. The Morgan fingerprint density at radius 1 is 1.57 bits per heavy atom. The van der Waals surface area contributed by atoms with Gasteiger partial charge in [0.1, 0.15) is 5.60 Å². The third-order valence-electron chi connectivity index (χ3n) is 1.29. The molecule has 0 aromatic carbocycles. The van der Waals surface area contributed by atoms with Crippen LogP contribution in [0.25, 0.3) is 0 Å². The van der Waals surface area contributed by atoms with Crippen molar-refractivity contribution in [3.8, 4) is 0 Å². The maximum absolute atomic E-state index is 11.2. The molecule has 6 nitrogen and oxygen atoms in total. The number of amides is 1. The minimum absolute atomic E-state index is 0.0733.